The van der Waals surface area contributed by atoms with Gasteiger partial charge in [-0.15, -0.1) is 0 Å². The van der Waals surface area contributed by atoms with Gasteiger partial charge in [0.1, 0.15) is 18.5 Å². The first-order valence-electron chi connectivity index (χ1n) is 7.96. The fourth-order valence-electron chi connectivity index (χ4n) is 2.74. The van der Waals surface area contributed by atoms with Gasteiger partial charge in [-0.25, -0.2) is 4.98 Å². The average molecular weight is 398 g/mol. The summed E-state index contributed by atoms with van der Waals surface area (Å²) in [5.74, 6) is -0.270. The molecule has 0 saturated carbocycles. The molecule has 0 fully saturated rings. The summed E-state index contributed by atoms with van der Waals surface area (Å²) in [6, 6.07) is 10.2. The van der Waals surface area contributed by atoms with Crippen LogP contribution in [0.1, 0.15) is 24.4 Å². The van der Waals surface area contributed by atoms with E-state index in [1.54, 1.807) is 24.3 Å². The molecule has 0 radical (unpaired) electrons. The topological polar surface area (TPSA) is 67.2 Å². The lowest BCUT2D eigenvalue weighted by atomic mass is 10.2. The molecular weight excluding hydrogens is 383 g/mol. The molecule has 27 heavy (non-hydrogen) atoms. The highest BCUT2D eigenvalue weighted by Crippen LogP contribution is 2.36. The molecule has 0 aliphatic rings. The van der Waals surface area contributed by atoms with Crippen LogP contribution in [-0.4, -0.2) is 20.6 Å². The van der Waals surface area contributed by atoms with Crippen LogP contribution in [0.15, 0.2) is 42.5 Å². The molecule has 1 atom stereocenters. The molecule has 1 heterocycles. The summed E-state index contributed by atoms with van der Waals surface area (Å²) in [6.45, 7) is 1.30. The largest absolute Gasteiger partial charge is 0.417 e. The van der Waals surface area contributed by atoms with Crippen molar-refractivity contribution in [3.8, 4) is 0 Å². The number of anilines is 1. The Hall–Kier alpha value is -2.58. The van der Waals surface area contributed by atoms with E-state index in [2.05, 4.69) is 10.3 Å². The third kappa shape index (κ3) is 4.06. The lowest BCUT2D eigenvalue weighted by molar-refractivity contribution is -0.137. The van der Waals surface area contributed by atoms with Gasteiger partial charge in [-0.2, -0.15) is 13.2 Å². The minimum Gasteiger partial charge on any atom is -0.385 e. The maximum atomic E-state index is 13.0. The maximum absolute atomic E-state index is 13.0. The third-order valence-corrected chi connectivity index (χ3v) is 4.24. The van der Waals surface area contributed by atoms with Crippen LogP contribution < -0.4 is 5.32 Å². The molecule has 0 saturated heterocycles. The summed E-state index contributed by atoms with van der Waals surface area (Å²) in [6.07, 6.45) is -5.55. The molecule has 1 amide bonds. The highest BCUT2D eigenvalue weighted by atomic mass is 35.5. The fraction of sp³-hybridized carbons (Fsp3) is 0.222. The monoisotopic (exact) mass is 397 g/mol. The third-order valence-electron chi connectivity index (χ3n) is 3.91. The van der Waals surface area contributed by atoms with Crippen molar-refractivity contribution in [2.75, 3.05) is 5.32 Å². The van der Waals surface area contributed by atoms with Crippen LogP contribution >= 0.6 is 11.6 Å². The van der Waals surface area contributed by atoms with Crippen molar-refractivity contribution < 1.29 is 23.1 Å². The number of para-hydroxylation sites is 2. The number of fused-ring (bicyclic) bond motifs is 1. The average Bonchev–Trinajstić information content (AvgIpc) is 2.94. The van der Waals surface area contributed by atoms with Crippen molar-refractivity contribution in [1.29, 1.82) is 0 Å². The van der Waals surface area contributed by atoms with Gasteiger partial charge in [-0.1, -0.05) is 23.7 Å². The van der Waals surface area contributed by atoms with E-state index >= 15 is 0 Å². The Morgan fingerprint density at radius 3 is 2.67 bits per heavy atom. The van der Waals surface area contributed by atoms with E-state index in [1.165, 1.54) is 17.6 Å². The summed E-state index contributed by atoms with van der Waals surface area (Å²) in [5, 5.41) is 11.9. The molecule has 0 aliphatic heterocycles. The number of aliphatic hydroxyl groups is 1. The molecule has 5 nitrogen and oxygen atoms in total. The molecule has 0 spiro atoms. The van der Waals surface area contributed by atoms with Crippen LogP contribution in [0, 0.1) is 0 Å². The Bertz CT molecular complexity index is 999. The maximum Gasteiger partial charge on any atom is 0.417 e. The highest BCUT2D eigenvalue weighted by Gasteiger charge is 2.33. The zero-order valence-corrected chi connectivity index (χ0v) is 14.8. The predicted octanol–water partition coefficient (Wildman–Crippen LogP) is 4.40. The minimum absolute atomic E-state index is 0.0280. The second-order valence-corrected chi connectivity index (χ2v) is 6.37. The first kappa shape index (κ1) is 19.2. The molecule has 142 valence electrons. The van der Waals surface area contributed by atoms with E-state index in [1.807, 2.05) is 0 Å². The zero-order chi connectivity index (χ0) is 19.8. The van der Waals surface area contributed by atoms with E-state index < -0.39 is 28.8 Å². The number of rotatable bonds is 4. The van der Waals surface area contributed by atoms with Crippen LogP contribution in [0.3, 0.4) is 0 Å². The summed E-state index contributed by atoms with van der Waals surface area (Å²) in [4.78, 5) is 16.7. The van der Waals surface area contributed by atoms with E-state index in [-0.39, 0.29) is 12.2 Å². The second kappa shape index (κ2) is 7.21. The molecule has 1 aromatic heterocycles. The lowest BCUT2D eigenvalue weighted by Gasteiger charge is -2.13. The van der Waals surface area contributed by atoms with Gasteiger partial charge >= 0.3 is 6.18 Å². The van der Waals surface area contributed by atoms with Gasteiger partial charge in [0.15, 0.2) is 0 Å². The van der Waals surface area contributed by atoms with Crippen molar-refractivity contribution in [2.24, 2.45) is 0 Å². The zero-order valence-electron chi connectivity index (χ0n) is 14.1. The fourth-order valence-corrected chi connectivity index (χ4v) is 2.97. The molecule has 2 aromatic carbocycles. The SMILES string of the molecule is CC(O)c1nc2ccccc2n1CC(=O)Nc1ccc(Cl)c(C(F)(F)F)c1. The van der Waals surface area contributed by atoms with Gasteiger partial charge in [0.25, 0.3) is 0 Å². The number of nitrogens with one attached hydrogen (secondary N) is 1. The number of carbonyl (C=O) groups excluding carboxylic acids is 1. The van der Waals surface area contributed by atoms with Crippen LogP contribution in [0.4, 0.5) is 18.9 Å². The molecule has 1 unspecified atom stereocenters. The molecule has 0 aliphatic carbocycles. The Labute approximate surface area is 157 Å². The van der Waals surface area contributed by atoms with Crippen molar-refractivity contribution in [2.45, 2.75) is 25.7 Å². The van der Waals surface area contributed by atoms with Crippen LogP contribution in [-0.2, 0) is 17.5 Å². The smallest absolute Gasteiger partial charge is 0.385 e. The number of imidazole rings is 1. The Morgan fingerprint density at radius 2 is 2.00 bits per heavy atom. The minimum atomic E-state index is -4.63. The van der Waals surface area contributed by atoms with Gasteiger partial charge in [0, 0.05) is 5.69 Å². The van der Waals surface area contributed by atoms with Gasteiger partial charge in [-0.05, 0) is 37.3 Å². The number of alkyl halides is 3. The van der Waals surface area contributed by atoms with Crippen LogP contribution in [0.25, 0.3) is 11.0 Å². The molecule has 3 rings (SSSR count). The summed E-state index contributed by atoms with van der Waals surface area (Å²) in [7, 11) is 0. The van der Waals surface area contributed by atoms with E-state index in [4.69, 9.17) is 11.6 Å². The Morgan fingerprint density at radius 1 is 1.30 bits per heavy atom. The normalized spacial score (nSPS) is 13.0. The van der Waals surface area contributed by atoms with Gasteiger partial charge in [0.2, 0.25) is 5.91 Å². The summed E-state index contributed by atoms with van der Waals surface area (Å²) in [5.41, 5.74) is 0.183. The lowest BCUT2D eigenvalue weighted by Crippen LogP contribution is -2.21. The molecule has 0 bridgehead atoms. The van der Waals surface area contributed by atoms with Crippen molar-refractivity contribution in [1.82, 2.24) is 9.55 Å². The number of halogens is 4. The van der Waals surface area contributed by atoms with Crippen molar-refractivity contribution in [3.05, 3.63) is 58.9 Å². The molecule has 3 aromatic rings. The van der Waals surface area contributed by atoms with Crippen molar-refractivity contribution >= 4 is 34.2 Å². The van der Waals surface area contributed by atoms with Crippen molar-refractivity contribution in [3.63, 3.8) is 0 Å². The molecule has 2 N–H and O–H groups in total. The summed E-state index contributed by atoms with van der Waals surface area (Å²) < 4.78 is 40.4. The van der Waals surface area contributed by atoms with Gasteiger partial charge in [-0.3, -0.25) is 4.79 Å². The number of aliphatic hydroxyl groups excluding tert-OH is 1. The number of amides is 1. The van der Waals surface area contributed by atoms with E-state index in [9.17, 15) is 23.1 Å². The quantitative estimate of drug-likeness (QED) is 0.685. The first-order valence-corrected chi connectivity index (χ1v) is 8.34. The number of carbonyl (C=O) groups is 1. The number of hydrogen-bond acceptors (Lipinski definition) is 3. The Kier molecular flexibility index (Phi) is 5.12. The van der Waals surface area contributed by atoms with Gasteiger partial charge < -0.3 is 15.0 Å². The number of nitrogens with zero attached hydrogens (tertiary/aromatic N) is 2. The standard InChI is InChI=1S/C18H15ClF3N3O2/c1-10(26)17-24-14-4-2-3-5-15(14)25(17)9-16(27)23-11-6-7-13(19)12(8-11)18(20,21)22/h2-8,10,26H,9H2,1H3,(H,23,27). The van der Waals surface area contributed by atoms with Crippen LogP contribution in [0.2, 0.25) is 5.02 Å². The summed E-state index contributed by atoms with van der Waals surface area (Å²) >= 11 is 5.58. The van der Waals surface area contributed by atoms with E-state index in [0.717, 1.165) is 12.1 Å². The predicted molar refractivity (Wildman–Crippen MR) is 95.5 cm³/mol. The van der Waals surface area contributed by atoms with Gasteiger partial charge in [0.05, 0.1) is 21.6 Å². The molecule has 9 heteroatoms. The van der Waals surface area contributed by atoms with Crippen LogP contribution in [0.5, 0.6) is 0 Å². The second-order valence-electron chi connectivity index (χ2n) is 5.96. The first-order chi connectivity index (χ1) is 12.7. The highest BCUT2D eigenvalue weighted by molar-refractivity contribution is 6.31. The number of aromatic nitrogens is 2. The number of benzene rings is 2. The Balaban J connectivity index is 1.87. The number of hydrogen-bond donors (Lipinski definition) is 2. The molecular formula is C18H15ClF3N3O2. The van der Waals surface area contributed by atoms with E-state index in [0.29, 0.717) is 16.9 Å².